The van der Waals surface area contributed by atoms with Gasteiger partial charge in [-0.2, -0.15) is 11.8 Å². The Kier molecular flexibility index (Phi) is 5.49. The van der Waals surface area contributed by atoms with Gasteiger partial charge in [0.25, 0.3) is 0 Å². The van der Waals surface area contributed by atoms with Crippen LogP contribution in [0.2, 0.25) is 0 Å². The first-order valence-electron chi connectivity index (χ1n) is 6.87. The van der Waals surface area contributed by atoms with Crippen molar-refractivity contribution in [2.45, 2.75) is 24.3 Å². The molecule has 2 rings (SSSR count). The molecule has 1 heterocycles. The Morgan fingerprint density at radius 3 is 2.90 bits per heavy atom. The lowest BCUT2D eigenvalue weighted by atomic mass is 10.1. The molecule has 0 aliphatic carbocycles. The maximum absolute atomic E-state index is 12.3. The van der Waals surface area contributed by atoms with Crippen molar-refractivity contribution in [3.05, 3.63) is 29.8 Å². The van der Waals surface area contributed by atoms with Gasteiger partial charge in [0, 0.05) is 12.6 Å². The Morgan fingerprint density at radius 1 is 1.45 bits per heavy atom. The third kappa shape index (κ3) is 3.97. The van der Waals surface area contributed by atoms with Crippen LogP contribution in [0.3, 0.4) is 0 Å². The Hall–Kier alpha value is -0.560. The van der Waals surface area contributed by atoms with Crippen molar-refractivity contribution in [3.8, 4) is 0 Å². The second-order valence-corrected chi connectivity index (χ2v) is 8.08. The molecule has 2 N–H and O–H groups in total. The van der Waals surface area contributed by atoms with E-state index in [1.165, 1.54) is 0 Å². The molecule has 20 heavy (non-hydrogen) atoms. The number of hydrogen-bond acceptors (Lipinski definition) is 4. The number of benzene rings is 1. The first-order chi connectivity index (χ1) is 9.53. The van der Waals surface area contributed by atoms with E-state index in [1.54, 1.807) is 18.2 Å². The van der Waals surface area contributed by atoms with E-state index in [-0.39, 0.29) is 6.04 Å². The lowest BCUT2D eigenvalue weighted by molar-refractivity contribution is 0.545. The topological polar surface area (TPSA) is 58.2 Å². The zero-order valence-corrected chi connectivity index (χ0v) is 13.6. The van der Waals surface area contributed by atoms with Crippen LogP contribution in [0, 0.1) is 5.92 Å². The van der Waals surface area contributed by atoms with Crippen LogP contribution in [-0.2, 0) is 10.0 Å². The average molecular weight is 314 g/mol. The number of hydrogen-bond donors (Lipinski definition) is 2. The highest BCUT2D eigenvalue weighted by molar-refractivity contribution is 7.99. The van der Waals surface area contributed by atoms with Gasteiger partial charge in [0.05, 0.1) is 4.90 Å². The second-order valence-electron chi connectivity index (χ2n) is 5.16. The minimum Gasteiger partial charge on any atom is -0.313 e. The highest BCUT2D eigenvalue weighted by Crippen LogP contribution is 2.23. The fourth-order valence-electron chi connectivity index (χ4n) is 2.17. The first kappa shape index (κ1) is 15.8. The maximum Gasteiger partial charge on any atom is 0.240 e. The quantitative estimate of drug-likeness (QED) is 0.843. The third-order valence-corrected chi connectivity index (χ3v) is 6.34. The van der Waals surface area contributed by atoms with Gasteiger partial charge in [-0.3, -0.25) is 0 Å². The van der Waals surface area contributed by atoms with Crippen molar-refractivity contribution in [2.75, 3.05) is 25.1 Å². The molecule has 1 aromatic carbocycles. The van der Waals surface area contributed by atoms with Crippen LogP contribution < -0.4 is 10.0 Å². The van der Waals surface area contributed by atoms with Gasteiger partial charge in [-0.05, 0) is 55.5 Å². The molecule has 1 saturated heterocycles. The van der Waals surface area contributed by atoms with E-state index in [0.29, 0.717) is 17.4 Å². The van der Waals surface area contributed by atoms with Crippen LogP contribution >= 0.6 is 11.8 Å². The summed E-state index contributed by atoms with van der Waals surface area (Å²) in [4.78, 5) is 0.350. The van der Waals surface area contributed by atoms with Crippen molar-refractivity contribution in [2.24, 2.45) is 5.92 Å². The summed E-state index contributed by atoms with van der Waals surface area (Å²) in [5, 5.41) is 3.12. The molecule has 0 saturated carbocycles. The van der Waals surface area contributed by atoms with Gasteiger partial charge in [-0.1, -0.05) is 12.1 Å². The van der Waals surface area contributed by atoms with Gasteiger partial charge < -0.3 is 5.32 Å². The molecule has 1 aliphatic rings. The van der Waals surface area contributed by atoms with E-state index in [1.807, 2.05) is 31.8 Å². The Labute approximate surface area is 125 Å². The van der Waals surface area contributed by atoms with Gasteiger partial charge in [0.15, 0.2) is 0 Å². The standard InChI is InChI=1S/C14H22N2O2S2/c1-11(15-2)13-4-3-5-14(8-13)20(17,18)16-9-12-6-7-19-10-12/h3-5,8,11-12,15-16H,6-7,9-10H2,1-2H3. The van der Waals surface area contributed by atoms with E-state index >= 15 is 0 Å². The van der Waals surface area contributed by atoms with E-state index in [9.17, 15) is 8.42 Å². The first-order valence-corrected chi connectivity index (χ1v) is 9.51. The summed E-state index contributed by atoms with van der Waals surface area (Å²) in [6, 6.07) is 7.26. The molecule has 112 valence electrons. The minimum absolute atomic E-state index is 0.136. The van der Waals surface area contributed by atoms with Crippen LogP contribution in [-0.4, -0.2) is 33.5 Å². The second kappa shape index (κ2) is 6.93. The Bertz CT molecular complexity index is 540. The number of nitrogens with one attached hydrogen (secondary N) is 2. The van der Waals surface area contributed by atoms with Gasteiger partial charge in [-0.25, -0.2) is 13.1 Å². The van der Waals surface area contributed by atoms with Crippen molar-refractivity contribution < 1.29 is 8.42 Å². The molecule has 1 aromatic rings. The van der Waals surface area contributed by atoms with Crippen molar-refractivity contribution >= 4 is 21.8 Å². The fourth-order valence-corrected chi connectivity index (χ4v) is 4.63. The third-order valence-electron chi connectivity index (χ3n) is 3.69. The van der Waals surface area contributed by atoms with E-state index in [4.69, 9.17) is 0 Å². The minimum atomic E-state index is -3.40. The van der Waals surface area contributed by atoms with Crippen LogP contribution in [0.4, 0.5) is 0 Å². The summed E-state index contributed by atoms with van der Waals surface area (Å²) < 4.78 is 27.4. The molecule has 4 nitrogen and oxygen atoms in total. The van der Waals surface area contributed by atoms with E-state index in [0.717, 1.165) is 23.5 Å². The number of sulfonamides is 1. The Balaban J connectivity index is 2.08. The molecule has 0 spiro atoms. The average Bonchev–Trinajstić information content (AvgIpc) is 2.98. The highest BCUT2D eigenvalue weighted by atomic mass is 32.2. The number of rotatable bonds is 6. The summed E-state index contributed by atoms with van der Waals surface area (Å²) in [6.45, 7) is 2.55. The summed E-state index contributed by atoms with van der Waals surface area (Å²) in [5.74, 6) is 2.66. The molecule has 2 unspecified atom stereocenters. The van der Waals surface area contributed by atoms with Crippen molar-refractivity contribution in [1.29, 1.82) is 0 Å². The molecule has 1 aliphatic heterocycles. The number of thioether (sulfide) groups is 1. The molecular formula is C14H22N2O2S2. The molecule has 0 amide bonds. The Morgan fingerprint density at radius 2 is 2.25 bits per heavy atom. The van der Waals surface area contributed by atoms with Crippen LogP contribution in [0.1, 0.15) is 24.9 Å². The maximum atomic E-state index is 12.3. The normalized spacial score (nSPS) is 21.0. The molecule has 0 radical (unpaired) electrons. The van der Waals surface area contributed by atoms with E-state index < -0.39 is 10.0 Å². The van der Waals surface area contributed by atoms with Crippen molar-refractivity contribution in [1.82, 2.24) is 10.0 Å². The monoisotopic (exact) mass is 314 g/mol. The molecule has 0 aromatic heterocycles. The fraction of sp³-hybridized carbons (Fsp3) is 0.571. The molecule has 6 heteroatoms. The SMILES string of the molecule is CNC(C)c1cccc(S(=O)(=O)NCC2CCSC2)c1. The van der Waals surface area contributed by atoms with Gasteiger partial charge >= 0.3 is 0 Å². The predicted octanol–water partition coefficient (Wildman–Crippen LogP) is 2.00. The van der Waals surface area contributed by atoms with Gasteiger partial charge in [0.2, 0.25) is 10.0 Å². The zero-order chi connectivity index (χ0) is 14.6. The summed E-state index contributed by atoms with van der Waals surface area (Å²) in [7, 11) is -1.54. The van der Waals surface area contributed by atoms with E-state index in [2.05, 4.69) is 10.0 Å². The lowest BCUT2D eigenvalue weighted by Gasteiger charge is -2.14. The van der Waals surface area contributed by atoms with Crippen LogP contribution in [0.15, 0.2) is 29.2 Å². The smallest absolute Gasteiger partial charge is 0.240 e. The highest BCUT2D eigenvalue weighted by Gasteiger charge is 2.20. The van der Waals surface area contributed by atoms with Gasteiger partial charge in [0.1, 0.15) is 0 Å². The summed E-state index contributed by atoms with van der Waals surface area (Å²) >= 11 is 1.89. The van der Waals surface area contributed by atoms with Crippen LogP contribution in [0.25, 0.3) is 0 Å². The lowest BCUT2D eigenvalue weighted by Crippen LogP contribution is -2.29. The summed E-state index contributed by atoms with van der Waals surface area (Å²) in [5.41, 5.74) is 0.979. The molecule has 2 atom stereocenters. The largest absolute Gasteiger partial charge is 0.313 e. The van der Waals surface area contributed by atoms with Crippen LogP contribution in [0.5, 0.6) is 0 Å². The zero-order valence-electron chi connectivity index (χ0n) is 11.9. The predicted molar refractivity (Wildman–Crippen MR) is 84.5 cm³/mol. The van der Waals surface area contributed by atoms with Gasteiger partial charge in [-0.15, -0.1) is 0 Å². The molecule has 0 bridgehead atoms. The molecule has 1 fully saturated rings. The van der Waals surface area contributed by atoms with Crippen molar-refractivity contribution in [3.63, 3.8) is 0 Å². The summed E-state index contributed by atoms with van der Waals surface area (Å²) in [6.07, 6.45) is 1.10. The molecular weight excluding hydrogens is 292 g/mol.